The van der Waals surface area contributed by atoms with E-state index < -0.39 is 9.84 Å². The maximum Gasteiger partial charge on any atom is 0.179 e. The molecule has 0 radical (unpaired) electrons. The second-order valence-corrected chi connectivity index (χ2v) is 7.24. The number of nitriles is 1. The summed E-state index contributed by atoms with van der Waals surface area (Å²) in [5.74, 6) is 0.0351. The first kappa shape index (κ1) is 16.0. The second-order valence-electron chi connectivity index (χ2n) is 5.13. The zero-order valence-corrected chi connectivity index (χ0v) is 12.7. The normalized spacial score (nSPS) is 18.5. The van der Waals surface area contributed by atoms with Crippen LogP contribution in [0.5, 0.6) is 0 Å². The third-order valence-corrected chi connectivity index (χ3v) is 5.25. The topological polar surface area (TPSA) is 79.2 Å². The van der Waals surface area contributed by atoms with E-state index >= 15 is 0 Å². The molecule has 5 nitrogen and oxygen atoms in total. The van der Waals surface area contributed by atoms with Gasteiger partial charge in [-0.2, -0.15) is 5.26 Å². The number of ether oxygens (including phenoxy) is 1. The molecule has 1 aliphatic rings. The molecule has 1 unspecified atom stereocenters. The van der Waals surface area contributed by atoms with Gasteiger partial charge < -0.3 is 10.1 Å². The zero-order valence-electron chi connectivity index (χ0n) is 11.9. The average Bonchev–Trinajstić information content (AvgIpc) is 3.00. The molecular formula is C15H20N2O3S. The lowest BCUT2D eigenvalue weighted by Crippen LogP contribution is -2.26. The maximum atomic E-state index is 12.1. The smallest absolute Gasteiger partial charge is 0.179 e. The third-order valence-electron chi connectivity index (χ3n) is 3.54. The first-order valence-corrected chi connectivity index (χ1v) is 8.82. The van der Waals surface area contributed by atoms with Crippen LogP contribution in [0.15, 0.2) is 29.2 Å². The van der Waals surface area contributed by atoms with Crippen molar-refractivity contribution in [2.75, 3.05) is 25.4 Å². The molecule has 114 valence electrons. The van der Waals surface area contributed by atoms with Crippen LogP contribution in [-0.2, 0) is 14.6 Å². The monoisotopic (exact) mass is 308 g/mol. The molecule has 0 bridgehead atoms. The van der Waals surface area contributed by atoms with Gasteiger partial charge >= 0.3 is 0 Å². The molecule has 0 spiro atoms. The lowest BCUT2D eigenvalue weighted by molar-refractivity contribution is 0.104. The Morgan fingerprint density at radius 1 is 1.38 bits per heavy atom. The zero-order chi connectivity index (χ0) is 15.1. The van der Waals surface area contributed by atoms with Crippen LogP contribution in [0.1, 0.15) is 24.8 Å². The minimum absolute atomic E-state index is 0.0351. The predicted molar refractivity (Wildman–Crippen MR) is 79.7 cm³/mol. The predicted octanol–water partition coefficient (Wildman–Crippen LogP) is 1.49. The molecule has 0 amide bonds. The van der Waals surface area contributed by atoms with Crippen molar-refractivity contribution >= 4 is 9.84 Å². The number of benzene rings is 1. The molecule has 1 fully saturated rings. The van der Waals surface area contributed by atoms with Crippen LogP contribution in [-0.4, -0.2) is 40.0 Å². The van der Waals surface area contributed by atoms with Gasteiger partial charge in [-0.3, -0.25) is 0 Å². The summed E-state index contributed by atoms with van der Waals surface area (Å²) in [4.78, 5) is 0.211. The summed E-state index contributed by atoms with van der Waals surface area (Å²) in [6, 6.07) is 8.09. The Morgan fingerprint density at radius 3 is 2.95 bits per heavy atom. The Balaban J connectivity index is 1.77. The quantitative estimate of drug-likeness (QED) is 0.772. The van der Waals surface area contributed by atoms with Gasteiger partial charge in [0.2, 0.25) is 0 Å². The van der Waals surface area contributed by atoms with Crippen molar-refractivity contribution in [3.05, 3.63) is 29.8 Å². The molecule has 1 aromatic rings. The Labute approximate surface area is 125 Å². The van der Waals surface area contributed by atoms with Crippen molar-refractivity contribution in [2.45, 2.75) is 30.3 Å². The van der Waals surface area contributed by atoms with Gasteiger partial charge in [0, 0.05) is 13.2 Å². The van der Waals surface area contributed by atoms with Gasteiger partial charge in [0.1, 0.15) is 0 Å². The molecule has 0 aromatic heterocycles. The van der Waals surface area contributed by atoms with E-state index in [-0.39, 0.29) is 10.6 Å². The maximum absolute atomic E-state index is 12.1. The van der Waals surface area contributed by atoms with Crippen molar-refractivity contribution in [1.29, 1.82) is 5.26 Å². The molecule has 1 atom stereocenters. The van der Waals surface area contributed by atoms with E-state index in [4.69, 9.17) is 10.00 Å². The highest BCUT2D eigenvalue weighted by atomic mass is 32.2. The van der Waals surface area contributed by atoms with Gasteiger partial charge in [-0.05, 0) is 44.0 Å². The van der Waals surface area contributed by atoms with Crippen molar-refractivity contribution in [3.8, 4) is 6.07 Å². The third kappa shape index (κ3) is 4.81. The number of hydrogen-bond acceptors (Lipinski definition) is 5. The molecule has 6 heteroatoms. The molecule has 1 aliphatic heterocycles. The first-order chi connectivity index (χ1) is 10.1. The SMILES string of the molecule is N#Cc1cccc(S(=O)(=O)CCNCCC2CCCO2)c1. The Kier molecular flexibility index (Phi) is 5.74. The van der Waals surface area contributed by atoms with Crippen molar-refractivity contribution < 1.29 is 13.2 Å². The number of nitrogens with one attached hydrogen (secondary N) is 1. The van der Waals surface area contributed by atoms with Gasteiger partial charge in [0.05, 0.1) is 28.4 Å². The first-order valence-electron chi connectivity index (χ1n) is 7.17. The summed E-state index contributed by atoms with van der Waals surface area (Å²) in [7, 11) is -3.34. The van der Waals surface area contributed by atoms with Crippen LogP contribution in [0, 0.1) is 11.3 Å². The van der Waals surface area contributed by atoms with Crippen LogP contribution < -0.4 is 5.32 Å². The molecule has 1 heterocycles. The van der Waals surface area contributed by atoms with E-state index in [1.54, 1.807) is 12.1 Å². The fourth-order valence-corrected chi connectivity index (χ4v) is 3.58. The van der Waals surface area contributed by atoms with Gasteiger partial charge in [0.15, 0.2) is 9.84 Å². The van der Waals surface area contributed by atoms with Crippen molar-refractivity contribution in [3.63, 3.8) is 0 Å². The highest BCUT2D eigenvalue weighted by Gasteiger charge is 2.16. The summed E-state index contributed by atoms with van der Waals surface area (Å²) in [6.45, 7) is 2.01. The lowest BCUT2D eigenvalue weighted by atomic mass is 10.2. The van der Waals surface area contributed by atoms with E-state index in [0.29, 0.717) is 18.2 Å². The Morgan fingerprint density at radius 2 is 2.24 bits per heavy atom. The van der Waals surface area contributed by atoms with Gasteiger partial charge in [-0.1, -0.05) is 6.07 Å². The summed E-state index contributed by atoms with van der Waals surface area (Å²) < 4.78 is 29.8. The Hall–Kier alpha value is -1.42. The van der Waals surface area contributed by atoms with E-state index in [0.717, 1.165) is 32.4 Å². The average molecular weight is 308 g/mol. The summed E-state index contributed by atoms with van der Waals surface area (Å²) in [5.41, 5.74) is 0.363. The van der Waals surface area contributed by atoms with E-state index in [1.807, 2.05) is 6.07 Å². The van der Waals surface area contributed by atoms with Gasteiger partial charge in [-0.25, -0.2) is 8.42 Å². The molecule has 2 rings (SSSR count). The van der Waals surface area contributed by atoms with Crippen LogP contribution in [0.25, 0.3) is 0 Å². The van der Waals surface area contributed by atoms with Crippen molar-refractivity contribution in [1.82, 2.24) is 5.32 Å². The largest absolute Gasteiger partial charge is 0.378 e. The summed E-state index contributed by atoms with van der Waals surface area (Å²) >= 11 is 0. The second kappa shape index (κ2) is 7.55. The fraction of sp³-hybridized carbons (Fsp3) is 0.533. The molecule has 1 aromatic carbocycles. The highest BCUT2D eigenvalue weighted by Crippen LogP contribution is 2.14. The highest BCUT2D eigenvalue weighted by molar-refractivity contribution is 7.91. The lowest BCUT2D eigenvalue weighted by Gasteiger charge is -2.10. The van der Waals surface area contributed by atoms with Crippen LogP contribution in [0.4, 0.5) is 0 Å². The molecule has 1 N–H and O–H groups in total. The number of hydrogen-bond donors (Lipinski definition) is 1. The molecule has 0 saturated carbocycles. The number of nitrogens with zero attached hydrogens (tertiary/aromatic N) is 1. The minimum atomic E-state index is -3.34. The van der Waals surface area contributed by atoms with E-state index in [2.05, 4.69) is 5.32 Å². The van der Waals surface area contributed by atoms with Gasteiger partial charge in [-0.15, -0.1) is 0 Å². The Bertz CT molecular complexity index is 602. The molecular weight excluding hydrogens is 288 g/mol. The van der Waals surface area contributed by atoms with Crippen molar-refractivity contribution in [2.24, 2.45) is 0 Å². The molecule has 0 aliphatic carbocycles. The molecule has 21 heavy (non-hydrogen) atoms. The number of rotatable bonds is 7. The van der Waals surface area contributed by atoms with E-state index in [9.17, 15) is 8.42 Å². The number of sulfone groups is 1. The minimum Gasteiger partial charge on any atom is -0.378 e. The van der Waals surface area contributed by atoms with E-state index in [1.165, 1.54) is 12.1 Å². The standard InChI is InChI=1S/C15H20N2O3S/c16-12-13-3-1-5-15(11-13)21(18,19)10-8-17-7-6-14-4-2-9-20-14/h1,3,5,11,14,17H,2,4,6-10H2. The van der Waals surface area contributed by atoms with Crippen LogP contribution in [0.2, 0.25) is 0 Å². The summed E-state index contributed by atoms with van der Waals surface area (Å²) in [5, 5.41) is 12.0. The van der Waals surface area contributed by atoms with Gasteiger partial charge in [0.25, 0.3) is 0 Å². The summed E-state index contributed by atoms with van der Waals surface area (Å²) in [6.07, 6.45) is 3.46. The fourth-order valence-electron chi connectivity index (χ4n) is 2.34. The van der Waals surface area contributed by atoms with Crippen LogP contribution in [0.3, 0.4) is 0 Å². The van der Waals surface area contributed by atoms with Crippen LogP contribution >= 0.6 is 0 Å². The molecule has 1 saturated heterocycles.